The third kappa shape index (κ3) is 2.73. The Morgan fingerprint density at radius 1 is 1.50 bits per heavy atom. The molecule has 0 aromatic heterocycles. The fourth-order valence-electron chi connectivity index (χ4n) is 2.28. The summed E-state index contributed by atoms with van der Waals surface area (Å²) in [4.78, 5) is 16.2. The van der Waals surface area contributed by atoms with Crippen LogP contribution in [0.3, 0.4) is 0 Å². The molecular weight excluding hydrogens is 202 g/mol. The van der Waals surface area contributed by atoms with E-state index in [4.69, 9.17) is 5.26 Å². The van der Waals surface area contributed by atoms with Gasteiger partial charge in [0.1, 0.15) is 6.04 Å². The molecule has 0 N–H and O–H groups in total. The molecule has 1 amide bonds. The summed E-state index contributed by atoms with van der Waals surface area (Å²) in [6.45, 7) is 7.87. The van der Waals surface area contributed by atoms with Gasteiger partial charge in [0.15, 0.2) is 0 Å². The Hall–Kier alpha value is -1.08. The van der Waals surface area contributed by atoms with E-state index in [2.05, 4.69) is 13.0 Å². The van der Waals surface area contributed by atoms with E-state index >= 15 is 0 Å². The van der Waals surface area contributed by atoms with Gasteiger partial charge >= 0.3 is 0 Å². The van der Waals surface area contributed by atoms with Gasteiger partial charge in [-0.1, -0.05) is 6.92 Å². The Bertz CT molecular complexity index is 295. The van der Waals surface area contributed by atoms with Crippen molar-refractivity contribution >= 4 is 5.91 Å². The molecule has 0 aliphatic carbocycles. The third-order valence-electron chi connectivity index (χ3n) is 3.12. The Balaban J connectivity index is 2.91. The van der Waals surface area contributed by atoms with Gasteiger partial charge in [0.05, 0.1) is 12.5 Å². The molecule has 0 saturated carbocycles. The van der Waals surface area contributed by atoms with Gasteiger partial charge < -0.3 is 4.90 Å². The second-order valence-electron chi connectivity index (χ2n) is 5.01. The summed E-state index contributed by atoms with van der Waals surface area (Å²) in [5.74, 6) is 0.559. The van der Waals surface area contributed by atoms with E-state index in [0.29, 0.717) is 5.92 Å². The molecule has 0 aromatic rings. The molecule has 1 rings (SSSR count). The molecule has 0 bridgehead atoms. The molecule has 1 saturated heterocycles. The van der Waals surface area contributed by atoms with Crippen LogP contribution < -0.4 is 0 Å². The van der Waals surface area contributed by atoms with Crippen molar-refractivity contribution in [3.05, 3.63) is 0 Å². The Morgan fingerprint density at radius 2 is 2.12 bits per heavy atom. The SMILES string of the molecule is CC1CN(C)C(CC#N)C(=O)N(C(C)C)C1. The summed E-state index contributed by atoms with van der Waals surface area (Å²) in [5, 5.41) is 8.79. The van der Waals surface area contributed by atoms with Gasteiger partial charge in [0, 0.05) is 19.1 Å². The highest BCUT2D eigenvalue weighted by molar-refractivity contribution is 5.82. The molecule has 0 radical (unpaired) electrons. The van der Waals surface area contributed by atoms with Gasteiger partial charge in [-0.2, -0.15) is 5.26 Å². The van der Waals surface area contributed by atoms with Gasteiger partial charge in [-0.05, 0) is 26.8 Å². The minimum absolute atomic E-state index is 0.100. The van der Waals surface area contributed by atoms with Crippen LogP contribution in [0.25, 0.3) is 0 Å². The average Bonchev–Trinajstić information content (AvgIpc) is 2.29. The largest absolute Gasteiger partial charge is 0.339 e. The zero-order valence-corrected chi connectivity index (χ0v) is 10.6. The molecule has 0 aromatic carbocycles. The number of hydrogen-bond donors (Lipinski definition) is 0. The van der Waals surface area contributed by atoms with Crippen LogP contribution in [0.4, 0.5) is 0 Å². The number of likely N-dealkylation sites (N-methyl/N-ethyl adjacent to an activating group) is 1. The summed E-state index contributed by atoms with van der Waals surface area (Å²) in [6.07, 6.45) is 0.283. The molecule has 1 aliphatic rings. The van der Waals surface area contributed by atoms with Gasteiger partial charge in [0.25, 0.3) is 0 Å². The Morgan fingerprint density at radius 3 is 2.62 bits per heavy atom. The minimum atomic E-state index is -0.266. The van der Waals surface area contributed by atoms with Crippen LogP contribution in [-0.4, -0.2) is 47.9 Å². The van der Waals surface area contributed by atoms with E-state index < -0.39 is 0 Å². The van der Waals surface area contributed by atoms with Crippen molar-refractivity contribution in [1.29, 1.82) is 5.26 Å². The van der Waals surface area contributed by atoms with E-state index in [1.165, 1.54) is 0 Å². The van der Waals surface area contributed by atoms with Crippen molar-refractivity contribution in [2.45, 2.75) is 39.3 Å². The summed E-state index contributed by atoms with van der Waals surface area (Å²) >= 11 is 0. The van der Waals surface area contributed by atoms with E-state index in [1.807, 2.05) is 30.7 Å². The predicted octanol–water partition coefficient (Wildman–Crippen LogP) is 1.09. The fourth-order valence-corrected chi connectivity index (χ4v) is 2.28. The highest BCUT2D eigenvalue weighted by Gasteiger charge is 2.33. The number of nitriles is 1. The number of rotatable bonds is 2. The van der Waals surface area contributed by atoms with Crippen LogP contribution in [0.5, 0.6) is 0 Å². The Labute approximate surface area is 97.8 Å². The number of carbonyl (C=O) groups excluding carboxylic acids is 1. The lowest BCUT2D eigenvalue weighted by molar-refractivity contribution is -0.136. The van der Waals surface area contributed by atoms with Crippen molar-refractivity contribution in [1.82, 2.24) is 9.80 Å². The lowest BCUT2D eigenvalue weighted by Crippen LogP contribution is -2.46. The van der Waals surface area contributed by atoms with E-state index in [9.17, 15) is 4.79 Å². The molecular formula is C12H21N3O. The normalized spacial score (nSPS) is 28.0. The van der Waals surface area contributed by atoms with Gasteiger partial charge in [-0.15, -0.1) is 0 Å². The minimum Gasteiger partial charge on any atom is -0.339 e. The number of amides is 1. The second kappa shape index (κ2) is 5.31. The topological polar surface area (TPSA) is 47.3 Å². The standard InChI is InChI=1S/C12H21N3O/c1-9(2)15-8-10(3)7-14(4)11(5-6-13)12(15)16/h9-11H,5,7-8H2,1-4H3. The molecule has 4 nitrogen and oxygen atoms in total. The molecule has 0 spiro atoms. The Kier molecular flexibility index (Phi) is 4.31. The molecule has 2 unspecified atom stereocenters. The van der Waals surface area contributed by atoms with Crippen LogP contribution in [0.15, 0.2) is 0 Å². The summed E-state index contributed by atoms with van der Waals surface area (Å²) in [7, 11) is 1.93. The summed E-state index contributed by atoms with van der Waals surface area (Å²) in [5.41, 5.74) is 0. The van der Waals surface area contributed by atoms with E-state index in [1.54, 1.807) is 0 Å². The molecule has 1 heterocycles. The smallest absolute Gasteiger partial charge is 0.241 e. The third-order valence-corrected chi connectivity index (χ3v) is 3.12. The quantitative estimate of drug-likeness (QED) is 0.704. The monoisotopic (exact) mass is 223 g/mol. The van der Waals surface area contributed by atoms with Crippen LogP contribution in [0, 0.1) is 17.2 Å². The lowest BCUT2D eigenvalue weighted by atomic mass is 10.1. The van der Waals surface area contributed by atoms with Crippen LogP contribution in [0.2, 0.25) is 0 Å². The van der Waals surface area contributed by atoms with Gasteiger partial charge in [-0.25, -0.2) is 0 Å². The van der Waals surface area contributed by atoms with Crippen LogP contribution in [-0.2, 0) is 4.79 Å². The van der Waals surface area contributed by atoms with Crippen LogP contribution >= 0.6 is 0 Å². The first-order chi connectivity index (χ1) is 7.47. The van der Waals surface area contributed by atoms with Crippen molar-refractivity contribution in [2.75, 3.05) is 20.1 Å². The first kappa shape index (κ1) is 13.0. The van der Waals surface area contributed by atoms with Crippen molar-refractivity contribution in [3.63, 3.8) is 0 Å². The molecule has 16 heavy (non-hydrogen) atoms. The molecule has 4 heteroatoms. The van der Waals surface area contributed by atoms with E-state index in [-0.39, 0.29) is 24.4 Å². The van der Waals surface area contributed by atoms with Gasteiger partial charge in [0.2, 0.25) is 5.91 Å². The predicted molar refractivity (Wildman–Crippen MR) is 62.7 cm³/mol. The maximum atomic E-state index is 12.3. The first-order valence-corrected chi connectivity index (χ1v) is 5.85. The zero-order valence-electron chi connectivity index (χ0n) is 10.6. The van der Waals surface area contributed by atoms with Crippen molar-refractivity contribution in [2.24, 2.45) is 5.92 Å². The maximum absolute atomic E-state index is 12.3. The molecule has 2 atom stereocenters. The fraction of sp³-hybridized carbons (Fsp3) is 0.833. The number of carbonyl (C=O) groups is 1. The van der Waals surface area contributed by atoms with Crippen molar-refractivity contribution < 1.29 is 4.79 Å². The lowest BCUT2D eigenvalue weighted by Gasteiger charge is -2.29. The zero-order chi connectivity index (χ0) is 12.3. The van der Waals surface area contributed by atoms with Gasteiger partial charge in [-0.3, -0.25) is 9.69 Å². The summed E-state index contributed by atoms with van der Waals surface area (Å²) in [6, 6.07) is 2.06. The second-order valence-corrected chi connectivity index (χ2v) is 5.01. The highest BCUT2D eigenvalue weighted by atomic mass is 16.2. The molecule has 90 valence electrons. The summed E-state index contributed by atoms with van der Waals surface area (Å²) < 4.78 is 0. The molecule has 1 fully saturated rings. The van der Waals surface area contributed by atoms with Crippen molar-refractivity contribution in [3.8, 4) is 6.07 Å². The maximum Gasteiger partial charge on any atom is 0.241 e. The van der Waals surface area contributed by atoms with E-state index in [0.717, 1.165) is 13.1 Å². The average molecular weight is 223 g/mol. The first-order valence-electron chi connectivity index (χ1n) is 5.85. The number of hydrogen-bond acceptors (Lipinski definition) is 3. The number of nitrogens with zero attached hydrogens (tertiary/aromatic N) is 3. The molecule has 1 aliphatic heterocycles. The van der Waals surface area contributed by atoms with Crippen LogP contribution in [0.1, 0.15) is 27.2 Å². The highest BCUT2D eigenvalue weighted by Crippen LogP contribution is 2.18.